The number of rotatable bonds is 6. The van der Waals surface area contributed by atoms with Crippen molar-refractivity contribution in [3.63, 3.8) is 0 Å². The van der Waals surface area contributed by atoms with Gasteiger partial charge in [-0.1, -0.05) is 109 Å². The highest BCUT2D eigenvalue weighted by molar-refractivity contribution is 6.31. The minimum Gasteiger partial charge on any atom is -0.378 e. The highest BCUT2D eigenvalue weighted by Gasteiger charge is 2.34. The Bertz CT molecular complexity index is 1870. The number of hydrogen-bond donors (Lipinski definition) is 2. The summed E-state index contributed by atoms with van der Waals surface area (Å²) >= 11 is 0. The monoisotopic (exact) mass is 546 g/mol. The first kappa shape index (κ1) is 25.7. The molecular weight excluding hydrogens is 516 g/mol. The number of hydrogen-bond acceptors (Lipinski definition) is 4. The molecule has 4 nitrogen and oxygen atoms in total. The van der Waals surface area contributed by atoms with Crippen LogP contribution in [-0.2, 0) is 0 Å². The Hall–Kier alpha value is -5.22. The Kier molecular flexibility index (Phi) is 6.32. The van der Waals surface area contributed by atoms with Gasteiger partial charge in [0.2, 0.25) is 0 Å². The van der Waals surface area contributed by atoms with E-state index in [1.54, 1.807) is 12.1 Å². The lowest BCUT2D eigenvalue weighted by Gasteiger charge is -2.26. The Morgan fingerprint density at radius 2 is 0.833 bits per heavy atom. The fourth-order valence-corrected chi connectivity index (χ4v) is 6.36. The summed E-state index contributed by atoms with van der Waals surface area (Å²) in [6.07, 6.45) is 0. The van der Waals surface area contributed by atoms with Gasteiger partial charge in [0.1, 0.15) is 0 Å². The van der Waals surface area contributed by atoms with Crippen LogP contribution in [-0.4, -0.2) is 11.6 Å². The highest BCUT2D eigenvalue weighted by atomic mass is 16.1. The van der Waals surface area contributed by atoms with E-state index in [4.69, 9.17) is 0 Å². The Balaban J connectivity index is 1.24. The van der Waals surface area contributed by atoms with Crippen molar-refractivity contribution < 1.29 is 9.59 Å². The van der Waals surface area contributed by atoms with Crippen LogP contribution in [0.1, 0.15) is 68.9 Å². The maximum absolute atomic E-state index is 14.1. The Morgan fingerprint density at radius 1 is 0.452 bits per heavy atom. The third-order valence-electron chi connectivity index (χ3n) is 8.40. The van der Waals surface area contributed by atoms with E-state index in [0.717, 1.165) is 32.7 Å². The minimum absolute atomic E-state index is 0.0820. The summed E-state index contributed by atoms with van der Waals surface area (Å²) in [5, 5.41) is 11.8. The van der Waals surface area contributed by atoms with Crippen LogP contribution in [0.5, 0.6) is 0 Å². The van der Waals surface area contributed by atoms with Gasteiger partial charge in [-0.25, -0.2) is 0 Å². The second-order valence-electron chi connectivity index (χ2n) is 11.0. The molecule has 204 valence electrons. The molecule has 0 spiro atoms. The van der Waals surface area contributed by atoms with Gasteiger partial charge in [0.05, 0.1) is 11.1 Å². The van der Waals surface area contributed by atoms with Gasteiger partial charge >= 0.3 is 0 Å². The van der Waals surface area contributed by atoms with Gasteiger partial charge < -0.3 is 10.6 Å². The smallest absolute Gasteiger partial charge is 0.196 e. The van der Waals surface area contributed by atoms with Crippen molar-refractivity contribution in [2.24, 2.45) is 0 Å². The topological polar surface area (TPSA) is 58.2 Å². The molecule has 0 heterocycles. The van der Waals surface area contributed by atoms with Crippen LogP contribution < -0.4 is 10.6 Å². The highest BCUT2D eigenvalue weighted by Crippen LogP contribution is 2.38. The SMILES string of the molecule is CC(Nc1cccc2c1C(=O)c1cccc(NC(C)c3cccc4ccccc34)c1C2=O)c1cccc2ccccc12. The van der Waals surface area contributed by atoms with E-state index < -0.39 is 0 Å². The summed E-state index contributed by atoms with van der Waals surface area (Å²) in [5.41, 5.74) is 5.31. The molecule has 7 rings (SSSR count). The first-order valence-corrected chi connectivity index (χ1v) is 14.3. The maximum Gasteiger partial charge on any atom is 0.196 e. The lowest BCUT2D eigenvalue weighted by atomic mass is 9.82. The van der Waals surface area contributed by atoms with Crippen molar-refractivity contribution in [1.82, 2.24) is 0 Å². The average Bonchev–Trinajstić information content (AvgIpc) is 3.03. The predicted molar refractivity (Wildman–Crippen MR) is 172 cm³/mol. The van der Waals surface area contributed by atoms with Crippen LogP contribution in [0.15, 0.2) is 121 Å². The van der Waals surface area contributed by atoms with Crippen molar-refractivity contribution in [2.75, 3.05) is 10.6 Å². The standard InChI is InChI=1S/C38H30N2O2/c1-23(27-17-7-13-25-11-3-5-15-29(25)27)39-33-21-9-19-31-35(33)37(41)32-20-10-22-34(36(32)38(31)42)40-24(2)28-18-8-14-26-12-4-6-16-30(26)28/h3-24,39-40H,1-2H3. The normalized spacial score (nSPS) is 13.9. The zero-order chi connectivity index (χ0) is 28.8. The summed E-state index contributed by atoms with van der Waals surface area (Å²) in [5.74, 6) is -0.288. The fraction of sp³-hybridized carbons (Fsp3) is 0.105. The first-order chi connectivity index (χ1) is 20.5. The molecule has 0 saturated carbocycles. The number of ketones is 2. The van der Waals surface area contributed by atoms with Gasteiger partial charge in [-0.3, -0.25) is 9.59 Å². The molecule has 2 N–H and O–H groups in total. The lowest BCUT2D eigenvalue weighted by Crippen LogP contribution is -2.25. The Morgan fingerprint density at radius 3 is 1.29 bits per heavy atom. The zero-order valence-corrected chi connectivity index (χ0v) is 23.5. The molecule has 1 aliphatic carbocycles. The largest absolute Gasteiger partial charge is 0.378 e. The van der Waals surface area contributed by atoms with Crippen LogP contribution in [0.2, 0.25) is 0 Å². The quantitative estimate of drug-likeness (QED) is 0.218. The number of fused-ring (bicyclic) bond motifs is 4. The second-order valence-corrected chi connectivity index (χ2v) is 11.0. The molecule has 4 heteroatoms. The molecule has 0 radical (unpaired) electrons. The molecule has 0 aliphatic heterocycles. The van der Waals surface area contributed by atoms with E-state index in [9.17, 15) is 9.59 Å². The minimum atomic E-state index is -0.144. The molecule has 1 aliphatic rings. The molecule has 2 atom stereocenters. The van der Waals surface area contributed by atoms with E-state index in [2.05, 4.69) is 85.1 Å². The van der Waals surface area contributed by atoms with Crippen molar-refractivity contribution in [1.29, 1.82) is 0 Å². The van der Waals surface area contributed by atoms with Crippen molar-refractivity contribution in [3.05, 3.63) is 155 Å². The van der Waals surface area contributed by atoms with E-state index in [0.29, 0.717) is 33.6 Å². The van der Waals surface area contributed by atoms with Crippen LogP contribution in [0.25, 0.3) is 21.5 Å². The molecule has 2 unspecified atom stereocenters. The number of anilines is 2. The van der Waals surface area contributed by atoms with Gasteiger partial charge in [-0.2, -0.15) is 0 Å². The first-order valence-electron chi connectivity index (χ1n) is 14.3. The van der Waals surface area contributed by atoms with Gasteiger partial charge in [-0.15, -0.1) is 0 Å². The summed E-state index contributed by atoms with van der Waals surface area (Å²) in [7, 11) is 0. The van der Waals surface area contributed by atoms with Crippen molar-refractivity contribution in [2.45, 2.75) is 25.9 Å². The zero-order valence-electron chi connectivity index (χ0n) is 23.5. The maximum atomic E-state index is 14.1. The van der Waals surface area contributed by atoms with Crippen LogP contribution >= 0.6 is 0 Å². The van der Waals surface area contributed by atoms with E-state index in [1.807, 2.05) is 48.5 Å². The van der Waals surface area contributed by atoms with Gasteiger partial charge in [0.15, 0.2) is 11.6 Å². The third-order valence-corrected chi connectivity index (χ3v) is 8.40. The molecule has 0 bridgehead atoms. The third kappa shape index (κ3) is 4.24. The average molecular weight is 547 g/mol. The number of carbonyl (C=O) groups is 2. The molecule has 6 aromatic rings. The molecule has 0 saturated heterocycles. The molecular formula is C38H30N2O2. The number of nitrogens with one attached hydrogen (secondary N) is 2. The van der Waals surface area contributed by atoms with Crippen molar-refractivity contribution >= 4 is 44.5 Å². The van der Waals surface area contributed by atoms with Crippen LogP contribution in [0.4, 0.5) is 11.4 Å². The molecule has 6 aromatic carbocycles. The van der Waals surface area contributed by atoms with Gasteiger partial charge in [0.25, 0.3) is 0 Å². The number of carbonyl (C=O) groups excluding carboxylic acids is 2. The molecule has 0 fully saturated rings. The number of benzene rings is 6. The van der Waals surface area contributed by atoms with E-state index in [1.165, 1.54) is 0 Å². The summed E-state index contributed by atoms with van der Waals surface area (Å²) in [6.45, 7) is 4.17. The molecule has 42 heavy (non-hydrogen) atoms. The Labute approximate surface area is 245 Å². The lowest BCUT2D eigenvalue weighted by molar-refractivity contribution is 0.0980. The molecule has 0 aromatic heterocycles. The fourth-order valence-electron chi connectivity index (χ4n) is 6.36. The summed E-state index contributed by atoms with van der Waals surface area (Å²) < 4.78 is 0. The summed E-state index contributed by atoms with van der Waals surface area (Å²) in [6, 6.07) is 39.9. The molecule has 0 amide bonds. The van der Waals surface area contributed by atoms with Crippen LogP contribution in [0, 0.1) is 0 Å². The van der Waals surface area contributed by atoms with Gasteiger partial charge in [0, 0.05) is 34.6 Å². The summed E-state index contributed by atoms with van der Waals surface area (Å²) in [4.78, 5) is 28.1. The van der Waals surface area contributed by atoms with Crippen LogP contribution in [0.3, 0.4) is 0 Å². The van der Waals surface area contributed by atoms with Crippen molar-refractivity contribution in [3.8, 4) is 0 Å². The van der Waals surface area contributed by atoms with Gasteiger partial charge in [-0.05, 0) is 58.7 Å². The van der Waals surface area contributed by atoms with E-state index >= 15 is 0 Å². The second kappa shape index (κ2) is 10.3. The predicted octanol–water partition coefficient (Wildman–Crippen LogP) is 9.11. The van der Waals surface area contributed by atoms with E-state index in [-0.39, 0.29) is 23.7 Å².